The maximum Gasteiger partial charge on any atom is 0.331 e. The molecule has 0 heterocycles. The van der Waals surface area contributed by atoms with E-state index in [1.54, 1.807) is 18.2 Å². The number of halogens is 2. The lowest BCUT2D eigenvalue weighted by atomic mass is 10.1. The van der Waals surface area contributed by atoms with Crippen molar-refractivity contribution < 1.29 is 14.7 Å². The number of aliphatic carboxylic acids is 1. The topological polar surface area (TPSA) is 57.6 Å². The normalized spacial score (nSPS) is 15.9. The van der Waals surface area contributed by atoms with Gasteiger partial charge in [0.25, 0.3) is 0 Å². The van der Waals surface area contributed by atoms with Crippen LogP contribution in [0.2, 0.25) is 5.02 Å². The number of carbonyl (C=O) groups is 2. The minimum atomic E-state index is -1.03. The SMILES string of the molecule is CC(=O)N(C1CC1)C(C(=O)O)c1ccc(Cl)c(Br)c1. The molecule has 0 radical (unpaired) electrons. The summed E-state index contributed by atoms with van der Waals surface area (Å²) in [6.07, 6.45) is 1.72. The predicted molar refractivity (Wildman–Crippen MR) is 75.1 cm³/mol. The van der Waals surface area contributed by atoms with E-state index in [-0.39, 0.29) is 11.9 Å². The van der Waals surface area contributed by atoms with Crippen molar-refractivity contribution in [3.8, 4) is 0 Å². The zero-order chi connectivity index (χ0) is 14.2. The Morgan fingerprint density at radius 3 is 2.53 bits per heavy atom. The van der Waals surface area contributed by atoms with Crippen LogP contribution in [0.3, 0.4) is 0 Å². The number of amides is 1. The van der Waals surface area contributed by atoms with Crippen molar-refractivity contribution in [3.63, 3.8) is 0 Å². The maximum absolute atomic E-state index is 11.7. The summed E-state index contributed by atoms with van der Waals surface area (Å²) in [5, 5.41) is 9.95. The third kappa shape index (κ3) is 3.09. The predicted octanol–water partition coefficient (Wildman–Crippen LogP) is 3.24. The average Bonchev–Trinajstić information content (AvgIpc) is 3.12. The fourth-order valence-electron chi connectivity index (χ4n) is 2.11. The van der Waals surface area contributed by atoms with E-state index in [4.69, 9.17) is 11.6 Å². The largest absolute Gasteiger partial charge is 0.479 e. The fraction of sp³-hybridized carbons (Fsp3) is 0.385. The van der Waals surface area contributed by atoms with Gasteiger partial charge < -0.3 is 10.0 Å². The van der Waals surface area contributed by atoms with Crippen LogP contribution in [0, 0.1) is 0 Å². The molecule has 1 aliphatic carbocycles. The molecule has 1 N–H and O–H groups in total. The van der Waals surface area contributed by atoms with E-state index in [1.165, 1.54) is 11.8 Å². The highest BCUT2D eigenvalue weighted by molar-refractivity contribution is 9.10. The average molecular weight is 347 g/mol. The van der Waals surface area contributed by atoms with Gasteiger partial charge in [-0.25, -0.2) is 4.79 Å². The summed E-state index contributed by atoms with van der Waals surface area (Å²) in [7, 11) is 0. The molecule has 0 aliphatic heterocycles. The van der Waals surface area contributed by atoms with E-state index in [1.807, 2.05) is 0 Å². The van der Waals surface area contributed by atoms with E-state index in [9.17, 15) is 14.7 Å². The number of carboxylic acid groups (broad SMARTS) is 1. The Morgan fingerprint density at radius 2 is 2.11 bits per heavy atom. The van der Waals surface area contributed by atoms with Gasteiger partial charge in [-0.15, -0.1) is 0 Å². The highest BCUT2D eigenvalue weighted by Gasteiger charge is 2.40. The van der Waals surface area contributed by atoms with Crippen LogP contribution in [0.15, 0.2) is 22.7 Å². The number of benzene rings is 1. The fourth-order valence-corrected chi connectivity index (χ4v) is 2.62. The maximum atomic E-state index is 11.7. The molecule has 1 unspecified atom stereocenters. The molecule has 2 rings (SSSR count). The lowest BCUT2D eigenvalue weighted by Gasteiger charge is -2.28. The zero-order valence-electron chi connectivity index (χ0n) is 10.3. The molecule has 4 nitrogen and oxygen atoms in total. The van der Waals surface area contributed by atoms with Gasteiger partial charge in [0.05, 0.1) is 5.02 Å². The van der Waals surface area contributed by atoms with Gasteiger partial charge in [-0.2, -0.15) is 0 Å². The van der Waals surface area contributed by atoms with Crippen LogP contribution < -0.4 is 0 Å². The van der Waals surface area contributed by atoms with Crippen LogP contribution >= 0.6 is 27.5 Å². The van der Waals surface area contributed by atoms with E-state index >= 15 is 0 Å². The van der Waals surface area contributed by atoms with Crippen LogP contribution in [-0.2, 0) is 9.59 Å². The summed E-state index contributed by atoms with van der Waals surface area (Å²) in [5.74, 6) is -1.25. The van der Waals surface area contributed by atoms with E-state index < -0.39 is 12.0 Å². The summed E-state index contributed by atoms with van der Waals surface area (Å²) in [4.78, 5) is 24.7. The van der Waals surface area contributed by atoms with Gasteiger partial charge >= 0.3 is 5.97 Å². The minimum absolute atomic E-state index is 0.0352. The van der Waals surface area contributed by atoms with E-state index in [0.29, 0.717) is 15.1 Å². The molecule has 1 amide bonds. The van der Waals surface area contributed by atoms with Crippen molar-refractivity contribution >= 4 is 39.4 Å². The third-order valence-corrected chi connectivity index (χ3v) is 4.29. The number of carbonyl (C=O) groups excluding carboxylic acids is 1. The Hall–Kier alpha value is -1.07. The van der Waals surface area contributed by atoms with Crippen molar-refractivity contribution in [1.29, 1.82) is 0 Å². The van der Waals surface area contributed by atoms with Crippen molar-refractivity contribution in [3.05, 3.63) is 33.3 Å². The van der Waals surface area contributed by atoms with Gasteiger partial charge in [0.1, 0.15) is 0 Å². The molecule has 0 bridgehead atoms. The Bertz CT molecular complexity index is 531. The Balaban J connectivity index is 2.41. The van der Waals surface area contributed by atoms with Gasteiger partial charge in [0.2, 0.25) is 5.91 Å². The second kappa shape index (κ2) is 5.51. The van der Waals surface area contributed by atoms with Crippen LogP contribution in [0.1, 0.15) is 31.4 Å². The molecule has 0 spiro atoms. The third-order valence-electron chi connectivity index (χ3n) is 3.08. The van der Waals surface area contributed by atoms with E-state index in [0.717, 1.165) is 12.8 Å². The minimum Gasteiger partial charge on any atom is -0.479 e. The van der Waals surface area contributed by atoms with Crippen LogP contribution in [0.25, 0.3) is 0 Å². The molecule has 19 heavy (non-hydrogen) atoms. The molecule has 0 saturated heterocycles. The second-order valence-corrected chi connectivity index (χ2v) is 5.83. The number of hydrogen-bond donors (Lipinski definition) is 1. The first-order valence-corrected chi connectivity index (χ1v) is 7.05. The lowest BCUT2D eigenvalue weighted by molar-refractivity contribution is -0.150. The zero-order valence-corrected chi connectivity index (χ0v) is 12.6. The molecular formula is C13H13BrClNO3. The summed E-state index contributed by atoms with van der Waals surface area (Å²) >= 11 is 9.18. The number of nitrogens with zero attached hydrogens (tertiary/aromatic N) is 1. The molecule has 1 aromatic carbocycles. The molecule has 6 heteroatoms. The molecular weight excluding hydrogens is 334 g/mol. The first-order chi connectivity index (χ1) is 8.91. The number of carboxylic acids is 1. The van der Waals surface area contributed by atoms with E-state index in [2.05, 4.69) is 15.9 Å². The molecule has 0 aromatic heterocycles. The summed E-state index contributed by atoms with van der Waals surface area (Å²) < 4.78 is 0.622. The summed E-state index contributed by atoms with van der Waals surface area (Å²) in [6.45, 7) is 1.40. The highest BCUT2D eigenvalue weighted by Crippen LogP contribution is 2.36. The summed E-state index contributed by atoms with van der Waals surface area (Å²) in [6, 6.07) is 4.00. The Labute approximate surface area is 124 Å². The highest BCUT2D eigenvalue weighted by atomic mass is 79.9. The van der Waals surface area contributed by atoms with Crippen molar-refractivity contribution in [2.45, 2.75) is 31.8 Å². The molecule has 1 atom stereocenters. The Morgan fingerprint density at radius 1 is 1.47 bits per heavy atom. The molecule has 1 aliphatic rings. The first kappa shape index (κ1) is 14.3. The lowest BCUT2D eigenvalue weighted by Crippen LogP contribution is -2.39. The van der Waals surface area contributed by atoms with Crippen molar-refractivity contribution in [2.75, 3.05) is 0 Å². The Kier molecular flexibility index (Phi) is 4.16. The van der Waals surface area contributed by atoms with Crippen LogP contribution in [-0.4, -0.2) is 27.9 Å². The monoisotopic (exact) mass is 345 g/mol. The van der Waals surface area contributed by atoms with Gasteiger partial charge in [0.15, 0.2) is 6.04 Å². The smallest absolute Gasteiger partial charge is 0.331 e. The van der Waals surface area contributed by atoms with Crippen molar-refractivity contribution in [2.24, 2.45) is 0 Å². The first-order valence-electron chi connectivity index (χ1n) is 5.88. The van der Waals surface area contributed by atoms with Gasteiger partial charge in [-0.05, 0) is 46.5 Å². The molecule has 1 saturated carbocycles. The van der Waals surface area contributed by atoms with Crippen LogP contribution in [0.5, 0.6) is 0 Å². The number of hydrogen-bond acceptors (Lipinski definition) is 2. The standard InChI is InChI=1S/C13H13BrClNO3/c1-7(17)16(9-3-4-9)12(13(18)19)8-2-5-11(15)10(14)6-8/h2,5-6,9,12H,3-4H2,1H3,(H,18,19). The molecule has 102 valence electrons. The summed E-state index contributed by atoms with van der Waals surface area (Å²) in [5.41, 5.74) is 0.547. The second-order valence-electron chi connectivity index (χ2n) is 4.57. The van der Waals surface area contributed by atoms with Crippen LogP contribution in [0.4, 0.5) is 0 Å². The number of rotatable bonds is 4. The van der Waals surface area contributed by atoms with Crippen molar-refractivity contribution in [1.82, 2.24) is 4.90 Å². The van der Waals surface area contributed by atoms with Gasteiger partial charge in [-0.3, -0.25) is 4.79 Å². The quantitative estimate of drug-likeness (QED) is 0.910. The molecule has 1 aromatic rings. The van der Waals surface area contributed by atoms with Gasteiger partial charge in [0, 0.05) is 17.4 Å². The molecule has 1 fully saturated rings. The van der Waals surface area contributed by atoms with Gasteiger partial charge in [-0.1, -0.05) is 17.7 Å².